The lowest BCUT2D eigenvalue weighted by Gasteiger charge is -2.24. The van der Waals surface area contributed by atoms with Crippen LogP contribution in [0.1, 0.15) is 32.3 Å². The Morgan fingerprint density at radius 2 is 2.17 bits per heavy atom. The summed E-state index contributed by atoms with van der Waals surface area (Å²) in [7, 11) is 0. The van der Waals surface area contributed by atoms with Crippen molar-refractivity contribution >= 4 is 5.57 Å². The Labute approximate surface area is 110 Å². The van der Waals surface area contributed by atoms with Crippen LogP contribution in [0.4, 0.5) is 0 Å². The minimum Gasteiger partial charge on any atom is -0.500 e. The second-order valence-electron chi connectivity index (χ2n) is 5.13. The zero-order valence-electron chi connectivity index (χ0n) is 11.3. The van der Waals surface area contributed by atoms with Crippen LogP contribution < -0.4 is 0 Å². The molecular formula is C16H22O2. The fraction of sp³-hybridized carbons (Fsp3) is 0.500. The van der Waals surface area contributed by atoms with Crippen molar-refractivity contribution in [2.45, 2.75) is 26.7 Å². The number of hydrogen-bond acceptors (Lipinski definition) is 2. The van der Waals surface area contributed by atoms with Gasteiger partial charge in [0, 0.05) is 12.0 Å². The summed E-state index contributed by atoms with van der Waals surface area (Å²) in [5, 5.41) is 0. The molecule has 98 valence electrons. The minimum atomic E-state index is 0.230. The van der Waals surface area contributed by atoms with Crippen LogP contribution in [-0.2, 0) is 9.47 Å². The average Bonchev–Trinajstić information content (AvgIpc) is 2.89. The molecule has 1 atom stereocenters. The quantitative estimate of drug-likeness (QED) is 0.734. The van der Waals surface area contributed by atoms with Gasteiger partial charge in [0.25, 0.3) is 0 Å². The molecule has 0 radical (unpaired) electrons. The maximum Gasteiger partial charge on any atom is 0.0952 e. The molecule has 0 N–H and O–H groups in total. The van der Waals surface area contributed by atoms with Crippen LogP contribution in [0.15, 0.2) is 36.6 Å². The Morgan fingerprint density at radius 3 is 2.78 bits per heavy atom. The molecule has 1 aromatic carbocycles. The van der Waals surface area contributed by atoms with Gasteiger partial charge in [0.15, 0.2) is 0 Å². The van der Waals surface area contributed by atoms with Crippen molar-refractivity contribution in [2.75, 3.05) is 19.8 Å². The zero-order chi connectivity index (χ0) is 12.8. The van der Waals surface area contributed by atoms with E-state index in [-0.39, 0.29) is 5.41 Å². The van der Waals surface area contributed by atoms with Crippen molar-refractivity contribution in [2.24, 2.45) is 5.41 Å². The van der Waals surface area contributed by atoms with Gasteiger partial charge in [-0.15, -0.1) is 0 Å². The Balaban J connectivity index is 1.91. The molecule has 1 unspecified atom stereocenters. The molecule has 1 heterocycles. The molecule has 18 heavy (non-hydrogen) atoms. The number of ether oxygens (including phenoxy) is 2. The third-order valence-corrected chi connectivity index (χ3v) is 3.81. The van der Waals surface area contributed by atoms with Crippen LogP contribution in [0.3, 0.4) is 0 Å². The van der Waals surface area contributed by atoms with Gasteiger partial charge in [0.1, 0.15) is 0 Å². The van der Waals surface area contributed by atoms with Gasteiger partial charge in [-0.25, -0.2) is 0 Å². The van der Waals surface area contributed by atoms with E-state index in [0.717, 1.165) is 32.7 Å². The highest BCUT2D eigenvalue weighted by Gasteiger charge is 2.33. The molecular weight excluding hydrogens is 224 g/mol. The molecule has 0 amide bonds. The van der Waals surface area contributed by atoms with Gasteiger partial charge in [-0.3, -0.25) is 0 Å². The topological polar surface area (TPSA) is 18.5 Å². The molecule has 1 fully saturated rings. The largest absolute Gasteiger partial charge is 0.500 e. The van der Waals surface area contributed by atoms with Crippen molar-refractivity contribution in [1.29, 1.82) is 0 Å². The molecule has 1 saturated heterocycles. The molecule has 1 aliphatic rings. The number of allylic oxidation sites excluding steroid dienone is 1. The van der Waals surface area contributed by atoms with Crippen LogP contribution >= 0.6 is 0 Å². The van der Waals surface area contributed by atoms with Gasteiger partial charge in [-0.2, -0.15) is 0 Å². The molecule has 0 aliphatic carbocycles. The molecule has 0 aromatic heterocycles. The van der Waals surface area contributed by atoms with Crippen LogP contribution in [-0.4, -0.2) is 19.8 Å². The Bertz CT molecular complexity index is 389. The van der Waals surface area contributed by atoms with Gasteiger partial charge in [0.2, 0.25) is 0 Å². The zero-order valence-corrected chi connectivity index (χ0v) is 11.3. The summed E-state index contributed by atoms with van der Waals surface area (Å²) >= 11 is 0. The molecule has 2 rings (SSSR count). The third kappa shape index (κ3) is 3.14. The van der Waals surface area contributed by atoms with Gasteiger partial charge >= 0.3 is 0 Å². The average molecular weight is 246 g/mol. The van der Waals surface area contributed by atoms with Crippen molar-refractivity contribution in [3.8, 4) is 0 Å². The minimum absolute atomic E-state index is 0.230. The van der Waals surface area contributed by atoms with Gasteiger partial charge in [-0.05, 0) is 30.9 Å². The van der Waals surface area contributed by atoms with Crippen molar-refractivity contribution in [3.63, 3.8) is 0 Å². The van der Waals surface area contributed by atoms with E-state index in [1.54, 1.807) is 0 Å². The smallest absolute Gasteiger partial charge is 0.0952 e. The van der Waals surface area contributed by atoms with E-state index in [1.165, 1.54) is 11.1 Å². The summed E-state index contributed by atoms with van der Waals surface area (Å²) in [6.45, 7) is 6.76. The molecule has 1 aliphatic heterocycles. The first-order valence-corrected chi connectivity index (χ1v) is 6.67. The monoisotopic (exact) mass is 246 g/mol. The van der Waals surface area contributed by atoms with E-state index >= 15 is 0 Å². The van der Waals surface area contributed by atoms with Crippen LogP contribution in [0.2, 0.25) is 0 Å². The summed E-state index contributed by atoms with van der Waals surface area (Å²) in [6, 6.07) is 10.3. The third-order valence-electron chi connectivity index (χ3n) is 3.81. The molecule has 0 spiro atoms. The lowest BCUT2D eigenvalue weighted by Crippen LogP contribution is -2.25. The first-order chi connectivity index (χ1) is 8.76. The highest BCUT2D eigenvalue weighted by molar-refractivity contribution is 5.62. The van der Waals surface area contributed by atoms with Crippen molar-refractivity contribution < 1.29 is 9.47 Å². The van der Waals surface area contributed by atoms with E-state index in [4.69, 9.17) is 9.47 Å². The fourth-order valence-corrected chi connectivity index (χ4v) is 2.26. The predicted octanol–water partition coefficient (Wildman–Crippen LogP) is 3.88. The Morgan fingerprint density at radius 1 is 1.39 bits per heavy atom. The maximum atomic E-state index is 5.79. The highest BCUT2D eigenvalue weighted by Crippen LogP contribution is 2.32. The maximum absolute atomic E-state index is 5.79. The SMILES string of the molecule is CCC1(CO/C=C(/C)c2ccccc2)CCOC1. The summed E-state index contributed by atoms with van der Waals surface area (Å²) in [4.78, 5) is 0. The molecule has 2 heteroatoms. The molecule has 2 nitrogen and oxygen atoms in total. The Kier molecular flexibility index (Phi) is 4.43. The summed E-state index contributed by atoms with van der Waals surface area (Å²) in [5.41, 5.74) is 2.61. The second-order valence-corrected chi connectivity index (χ2v) is 5.13. The number of benzene rings is 1. The first-order valence-electron chi connectivity index (χ1n) is 6.67. The van der Waals surface area contributed by atoms with E-state index < -0.39 is 0 Å². The predicted molar refractivity (Wildman–Crippen MR) is 74.2 cm³/mol. The molecule has 0 saturated carbocycles. The second kappa shape index (κ2) is 6.05. The van der Waals surface area contributed by atoms with Gasteiger partial charge in [-0.1, -0.05) is 37.3 Å². The van der Waals surface area contributed by atoms with Crippen LogP contribution in [0.5, 0.6) is 0 Å². The summed E-state index contributed by atoms with van der Waals surface area (Å²) in [6.07, 6.45) is 4.11. The highest BCUT2D eigenvalue weighted by atomic mass is 16.5. The number of hydrogen-bond donors (Lipinski definition) is 0. The molecule has 1 aromatic rings. The standard InChI is InChI=1S/C16H22O2/c1-3-16(9-10-17-12-16)13-18-11-14(2)15-7-5-4-6-8-15/h4-8,11H,3,9-10,12-13H2,1-2H3/b14-11-. The van der Waals surface area contributed by atoms with E-state index in [0.29, 0.717) is 0 Å². The van der Waals surface area contributed by atoms with E-state index in [2.05, 4.69) is 26.0 Å². The Hall–Kier alpha value is -1.28. The normalized spacial score (nSPS) is 24.2. The summed E-state index contributed by atoms with van der Waals surface area (Å²) in [5.74, 6) is 0. The summed E-state index contributed by atoms with van der Waals surface area (Å²) < 4.78 is 11.3. The lowest BCUT2D eigenvalue weighted by atomic mass is 9.85. The van der Waals surface area contributed by atoms with E-state index in [9.17, 15) is 0 Å². The molecule has 0 bridgehead atoms. The van der Waals surface area contributed by atoms with Crippen LogP contribution in [0, 0.1) is 5.41 Å². The number of rotatable bonds is 5. The lowest BCUT2D eigenvalue weighted by molar-refractivity contribution is 0.0802. The van der Waals surface area contributed by atoms with Crippen LogP contribution in [0.25, 0.3) is 5.57 Å². The van der Waals surface area contributed by atoms with Gasteiger partial charge < -0.3 is 9.47 Å². The van der Waals surface area contributed by atoms with Crippen molar-refractivity contribution in [1.82, 2.24) is 0 Å². The fourth-order valence-electron chi connectivity index (χ4n) is 2.26. The van der Waals surface area contributed by atoms with E-state index in [1.807, 2.05) is 24.5 Å². The van der Waals surface area contributed by atoms with Gasteiger partial charge in [0.05, 0.1) is 19.5 Å². The van der Waals surface area contributed by atoms with Crippen molar-refractivity contribution in [3.05, 3.63) is 42.2 Å². The first kappa shape index (κ1) is 13.2.